The molecular weight excluding hydrogens is 272 g/mol. The SMILES string of the molecule is COc1ccc(CNc2cccc([N+](=O)[O-])c2C)c(O)c1. The molecule has 0 unspecified atom stereocenters. The highest BCUT2D eigenvalue weighted by atomic mass is 16.6. The Morgan fingerprint density at radius 2 is 2.10 bits per heavy atom. The van der Waals surface area contributed by atoms with Crippen molar-refractivity contribution in [1.82, 2.24) is 0 Å². The molecule has 0 fully saturated rings. The molecule has 2 N–H and O–H groups in total. The number of hydrogen-bond acceptors (Lipinski definition) is 5. The van der Waals surface area contributed by atoms with Crippen LogP contribution in [0.5, 0.6) is 11.5 Å². The van der Waals surface area contributed by atoms with Crippen molar-refractivity contribution in [2.75, 3.05) is 12.4 Å². The zero-order chi connectivity index (χ0) is 15.4. The highest BCUT2D eigenvalue weighted by molar-refractivity contribution is 5.60. The van der Waals surface area contributed by atoms with Crippen molar-refractivity contribution in [2.45, 2.75) is 13.5 Å². The second kappa shape index (κ2) is 6.13. The Labute approximate surface area is 122 Å². The highest BCUT2D eigenvalue weighted by Gasteiger charge is 2.13. The van der Waals surface area contributed by atoms with Crippen LogP contribution in [0.25, 0.3) is 0 Å². The number of nitrogens with zero attached hydrogens (tertiary/aromatic N) is 1. The number of benzene rings is 2. The number of rotatable bonds is 5. The van der Waals surface area contributed by atoms with E-state index in [4.69, 9.17) is 4.74 Å². The molecular formula is C15H16N2O4. The molecule has 6 nitrogen and oxygen atoms in total. The Bertz CT molecular complexity index is 671. The fraction of sp³-hybridized carbons (Fsp3) is 0.200. The van der Waals surface area contributed by atoms with Gasteiger partial charge in [-0.1, -0.05) is 6.07 Å². The Balaban J connectivity index is 2.17. The van der Waals surface area contributed by atoms with Gasteiger partial charge in [0, 0.05) is 35.5 Å². The predicted octanol–water partition coefficient (Wildman–Crippen LogP) is 3.23. The van der Waals surface area contributed by atoms with E-state index in [1.54, 1.807) is 31.2 Å². The first-order valence-corrected chi connectivity index (χ1v) is 6.36. The predicted molar refractivity (Wildman–Crippen MR) is 79.8 cm³/mol. The number of nitro benzene ring substituents is 1. The Morgan fingerprint density at radius 1 is 1.33 bits per heavy atom. The molecule has 2 aromatic carbocycles. The molecule has 0 radical (unpaired) electrons. The summed E-state index contributed by atoms with van der Waals surface area (Å²) in [4.78, 5) is 10.5. The number of hydrogen-bond donors (Lipinski definition) is 2. The lowest BCUT2D eigenvalue weighted by atomic mass is 10.1. The van der Waals surface area contributed by atoms with E-state index in [2.05, 4.69) is 5.32 Å². The van der Waals surface area contributed by atoms with Crippen LogP contribution in [0.2, 0.25) is 0 Å². The summed E-state index contributed by atoms with van der Waals surface area (Å²) < 4.78 is 5.02. The van der Waals surface area contributed by atoms with Crippen molar-refractivity contribution in [2.24, 2.45) is 0 Å². The van der Waals surface area contributed by atoms with Crippen LogP contribution in [0, 0.1) is 17.0 Å². The molecule has 110 valence electrons. The molecule has 0 saturated heterocycles. The Hall–Kier alpha value is -2.76. The minimum absolute atomic E-state index is 0.0685. The third-order valence-corrected chi connectivity index (χ3v) is 3.26. The molecule has 0 saturated carbocycles. The van der Waals surface area contributed by atoms with Gasteiger partial charge in [0.25, 0.3) is 5.69 Å². The van der Waals surface area contributed by atoms with Crippen LogP contribution in [-0.2, 0) is 6.54 Å². The normalized spacial score (nSPS) is 10.2. The summed E-state index contributed by atoms with van der Waals surface area (Å²) in [5.74, 6) is 0.688. The van der Waals surface area contributed by atoms with Crippen LogP contribution < -0.4 is 10.1 Å². The molecule has 0 aromatic heterocycles. The summed E-state index contributed by atoms with van der Waals surface area (Å²) in [6, 6.07) is 9.87. The van der Waals surface area contributed by atoms with E-state index in [1.807, 2.05) is 0 Å². The topological polar surface area (TPSA) is 84.6 Å². The van der Waals surface area contributed by atoms with Crippen molar-refractivity contribution < 1.29 is 14.8 Å². The highest BCUT2D eigenvalue weighted by Crippen LogP contribution is 2.27. The van der Waals surface area contributed by atoms with Crippen LogP contribution >= 0.6 is 0 Å². The molecule has 0 aliphatic carbocycles. The number of ether oxygens (including phenoxy) is 1. The molecule has 0 amide bonds. The lowest BCUT2D eigenvalue weighted by Crippen LogP contribution is -2.03. The van der Waals surface area contributed by atoms with E-state index in [-0.39, 0.29) is 11.4 Å². The first kappa shape index (κ1) is 14.6. The van der Waals surface area contributed by atoms with Crippen molar-refractivity contribution in [3.63, 3.8) is 0 Å². The van der Waals surface area contributed by atoms with Gasteiger partial charge >= 0.3 is 0 Å². The lowest BCUT2D eigenvalue weighted by molar-refractivity contribution is -0.385. The number of methoxy groups -OCH3 is 1. The molecule has 0 spiro atoms. The molecule has 21 heavy (non-hydrogen) atoms. The van der Waals surface area contributed by atoms with E-state index >= 15 is 0 Å². The minimum atomic E-state index is -0.411. The van der Waals surface area contributed by atoms with Crippen LogP contribution in [0.1, 0.15) is 11.1 Å². The van der Waals surface area contributed by atoms with Gasteiger partial charge in [0.05, 0.1) is 12.0 Å². The first-order chi connectivity index (χ1) is 10.0. The third-order valence-electron chi connectivity index (χ3n) is 3.26. The number of aromatic hydroxyl groups is 1. The average Bonchev–Trinajstić information content (AvgIpc) is 2.46. The molecule has 0 aliphatic heterocycles. The summed E-state index contributed by atoms with van der Waals surface area (Å²) >= 11 is 0. The van der Waals surface area contributed by atoms with Crippen molar-refractivity contribution in [3.05, 3.63) is 57.6 Å². The van der Waals surface area contributed by atoms with Crippen molar-refractivity contribution in [1.29, 1.82) is 0 Å². The van der Waals surface area contributed by atoms with E-state index in [1.165, 1.54) is 19.2 Å². The Kier molecular flexibility index (Phi) is 4.27. The van der Waals surface area contributed by atoms with Gasteiger partial charge in [-0.25, -0.2) is 0 Å². The zero-order valence-electron chi connectivity index (χ0n) is 11.8. The maximum atomic E-state index is 10.9. The number of nitro groups is 1. The molecule has 0 heterocycles. The fourth-order valence-electron chi connectivity index (χ4n) is 2.02. The van der Waals surface area contributed by atoms with Gasteiger partial charge in [0.15, 0.2) is 0 Å². The maximum absolute atomic E-state index is 10.9. The lowest BCUT2D eigenvalue weighted by Gasteiger charge is -2.11. The largest absolute Gasteiger partial charge is 0.507 e. The molecule has 6 heteroatoms. The molecule has 2 rings (SSSR count). The van der Waals surface area contributed by atoms with Gasteiger partial charge in [0.2, 0.25) is 0 Å². The monoisotopic (exact) mass is 288 g/mol. The Morgan fingerprint density at radius 3 is 2.71 bits per heavy atom. The summed E-state index contributed by atoms with van der Waals surface area (Å²) in [5.41, 5.74) is 1.98. The van der Waals surface area contributed by atoms with Gasteiger partial charge in [-0.15, -0.1) is 0 Å². The van der Waals surface area contributed by atoms with E-state index in [0.29, 0.717) is 29.1 Å². The number of phenolic OH excluding ortho intramolecular Hbond substituents is 1. The van der Waals surface area contributed by atoms with Crippen molar-refractivity contribution >= 4 is 11.4 Å². The van der Waals surface area contributed by atoms with Crippen LogP contribution in [0.3, 0.4) is 0 Å². The number of phenols is 1. The third kappa shape index (κ3) is 3.22. The van der Waals surface area contributed by atoms with Gasteiger partial charge in [0.1, 0.15) is 11.5 Å². The smallest absolute Gasteiger partial charge is 0.274 e. The fourth-order valence-corrected chi connectivity index (χ4v) is 2.02. The van der Waals surface area contributed by atoms with Crippen LogP contribution in [0.4, 0.5) is 11.4 Å². The first-order valence-electron chi connectivity index (χ1n) is 6.36. The second-order valence-corrected chi connectivity index (χ2v) is 4.56. The average molecular weight is 288 g/mol. The van der Waals surface area contributed by atoms with Gasteiger partial charge in [-0.05, 0) is 25.1 Å². The summed E-state index contributed by atoms with van der Waals surface area (Å²) in [6.07, 6.45) is 0. The minimum Gasteiger partial charge on any atom is -0.507 e. The van der Waals surface area contributed by atoms with E-state index in [0.717, 1.165) is 0 Å². The summed E-state index contributed by atoms with van der Waals surface area (Å²) in [6.45, 7) is 2.05. The van der Waals surface area contributed by atoms with E-state index in [9.17, 15) is 15.2 Å². The van der Waals surface area contributed by atoms with Gasteiger partial charge in [-0.3, -0.25) is 10.1 Å². The maximum Gasteiger partial charge on any atom is 0.274 e. The quantitative estimate of drug-likeness (QED) is 0.651. The molecule has 0 aliphatic rings. The molecule has 0 bridgehead atoms. The summed E-state index contributed by atoms with van der Waals surface area (Å²) in [5, 5.41) is 23.9. The van der Waals surface area contributed by atoms with Crippen LogP contribution in [-0.4, -0.2) is 17.1 Å². The number of anilines is 1. The van der Waals surface area contributed by atoms with Gasteiger partial charge < -0.3 is 15.2 Å². The standard InChI is InChI=1S/C15H16N2O4/c1-10-13(4-3-5-14(10)17(19)20)16-9-11-6-7-12(21-2)8-15(11)18/h3-8,16,18H,9H2,1-2H3. The number of nitrogens with one attached hydrogen (secondary N) is 1. The molecule has 2 aromatic rings. The second-order valence-electron chi connectivity index (χ2n) is 4.56. The molecule has 0 atom stereocenters. The van der Waals surface area contributed by atoms with Crippen molar-refractivity contribution in [3.8, 4) is 11.5 Å². The summed E-state index contributed by atoms with van der Waals surface area (Å²) in [7, 11) is 1.53. The van der Waals surface area contributed by atoms with E-state index < -0.39 is 4.92 Å². The van der Waals surface area contributed by atoms with Crippen LogP contribution in [0.15, 0.2) is 36.4 Å². The zero-order valence-corrected chi connectivity index (χ0v) is 11.8. The van der Waals surface area contributed by atoms with Gasteiger partial charge in [-0.2, -0.15) is 0 Å².